The highest BCUT2D eigenvalue weighted by molar-refractivity contribution is 7.94. The van der Waals surface area contributed by atoms with E-state index in [9.17, 15) is 18.0 Å². The first-order chi connectivity index (χ1) is 14.3. The van der Waals surface area contributed by atoms with E-state index in [1.807, 2.05) is 11.4 Å². The van der Waals surface area contributed by atoms with Crippen LogP contribution in [0.15, 0.2) is 35.7 Å². The molecule has 0 spiro atoms. The Labute approximate surface area is 185 Å². The molecule has 0 bridgehead atoms. The molecule has 2 amide bonds. The summed E-state index contributed by atoms with van der Waals surface area (Å²) < 4.78 is 24.9. The Morgan fingerprint density at radius 3 is 2.57 bits per heavy atom. The lowest BCUT2D eigenvalue weighted by Crippen LogP contribution is -2.37. The molecule has 1 aliphatic rings. The molecule has 0 radical (unpaired) electrons. The van der Waals surface area contributed by atoms with Crippen molar-refractivity contribution >= 4 is 50.5 Å². The van der Waals surface area contributed by atoms with E-state index in [4.69, 9.17) is 11.6 Å². The van der Waals surface area contributed by atoms with Gasteiger partial charge in [-0.3, -0.25) is 14.5 Å². The van der Waals surface area contributed by atoms with Crippen LogP contribution in [0.4, 0.5) is 5.69 Å². The molecule has 30 heavy (non-hydrogen) atoms. The number of thiophene rings is 1. The quantitative estimate of drug-likeness (QED) is 0.641. The second-order valence-corrected chi connectivity index (χ2v) is 10.2. The van der Waals surface area contributed by atoms with Gasteiger partial charge in [0.25, 0.3) is 5.91 Å². The SMILES string of the molecule is CCN(CC)C(CNC(=O)c1ccc(N2C(=O)CCS2(=O)=O)cc1Cl)c1cccs1. The molecule has 1 unspecified atom stereocenters. The van der Waals surface area contributed by atoms with Crippen LogP contribution in [0.3, 0.4) is 0 Å². The maximum Gasteiger partial charge on any atom is 0.252 e. The van der Waals surface area contributed by atoms with Crippen molar-refractivity contribution in [3.05, 3.63) is 51.2 Å². The van der Waals surface area contributed by atoms with Crippen molar-refractivity contribution in [2.24, 2.45) is 0 Å². The number of carbonyl (C=O) groups is 2. The molecule has 0 saturated carbocycles. The number of benzene rings is 1. The Balaban J connectivity index is 1.76. The van der Waals surface area contributed by atoms with Crippen LogP contribution in [0.1, 0.15) is 41.5 Å². The Bertz CT molecular complexity index is 1020. The minimum atomic E-state index is -3.68. The van der Waals surface area contributed by atoms with Crippen LogP contribution in [0, 0.1) is 0 Å². The molecular formula is C20H24ClN3O4S2. The third-order valence-corrected chi connectivity index (χ3v) is 8.07. The summed E-state index contributed by atoms with van der Waals surface area (Å²) in [6.07, 6.45) is -0.0579. The molecule has 2 aromatic rings. The van der Waals surface area contributed by atoms with Crippen LogP contribution in [0.25, 0.3) is 0 Å². The van der Waals surface area contributed by atoms with Crippen LogP contribution in [-0.4, -0.2) is 50.5 Å². The second kappa shape index (κ2) is 9.47. The molecule has 1 fully saturated rings. The molecule has 0 aliphatic carbocycles. The van der Waals surface area contributed by atoms with Crippen LogP contribution in [-0.2, 0) is 14.8 Å². The molecule has 7 nitrogen and oxygen atoms in total. The number of amides is 2. The number of sulfonamides is 1. The standard InChI is InChI=1S/C20H24ClN3O4S2/c1-3-23(4-2)17(18-6-5-10-29-18)13-22-20(26)15-8-7-14(12-16(15)21)24-19(25)9-11-30(24,27)28/h5-8,10,12,17H,3-4,9,11,13H2,1-2H3,(H,22,26). The second-order valence-electron chi connectivity index (χ2n) is 6.85. The lowest BCUT2D eigenvalue weighted by Gasteiger charge is -2.29. The van der Waals surface area contributed by atoms with Crippen molar-refractivity contribution in [2.75, 3.05) is 29.7 Å². The molecule has 3 rings (SSSR count). The first-order valence-electron chi connectivity index (χ1n) is 9.69. The summed E-state index contributed by atoms with van der Waals surface area (Å²) in [5.41, 5.74) is 0.382. The van der Waals surface area contributed by atoms with Gasteiger partial charge >= 0.3 is 0 Å². The fourth-order valence-electron chi connectivity index (χ4n) is 3.52. The van der Waals surface area contributed by atoms with Crippen molar-refractivity contribution in [1.29, 1.82) is 0 Å². The number of rotatable bonds is 8. The van der Waals surface area contributed by atoms with Crippen molar-refractivity contribution in [2.45, 2.75) is 26.3 Å². The predicted molar refractivity (Wildman–Crippen MR) is 120 cm³/mol. The largest absolute Gasteiger partial charge is 0.350 e. The van der Waals surface area contributed by atoms with E-state index in [1.54, 1.807) is 11.3 Å². The van der Waals surface area contributed by atoms with Gasteiger partial charge in [0.1, 0.15) is 0 Å². The molecule has 1 saturated heterocycles. The van der Waals surface area contributed by atoms with Crippen molar-refractivity contribution in [1.82, 2.24) is 10.2 Å². The Morgan fingerprint density at radius 1 is 1.30 bits per heavy atom. The topological polar surface area (TPSA) is 86.8 Å². The predicted octanol–water partition coefficient (Wildman–Crippen LogP) is 3.28. The Kier molecular flexibility index (Phi) is 7.18. The van der Waals surface area contributed by atoms with Gasteiger partial charge in [0.15, 0.2) is 0 Å². The van der Waals surface area contributed by atoms with Crippen LogP contribution in [0.2, 0.25) is 5.02 Å². The Hall–Kier alpha value is -1.94. The van der Waals surface area contributed by atoms with Gasteiger partial charge in [-0.25, -0.2) is 12.7 Å². The monoisotopic (exact) mass is 469 g/mol. The summed E-state index contributed by atoms with van der Waals surface area (Å²) in [6.45, 7) is 6.27. The number of hydrogen-bond donors (Lipinski definition) is 1. The van der Waals surface area contributed by atoms with E-state index in [0.29, 0.717) is 6.54 Å². The van der Waals surface area contributed by atoms with E-state index in [2.05, 4.69) is 30.1 Å². The maximum atomic E-state index is 12.8. The van der Waals surface area contributed by atoms with Crippen molar-refractivity contribution in [3.63, 3.8) is 0 Å². The molecule has 162 valence electrons. The number of hydrogen-bond acceptors (Lipinski definition) is 6. The average Bonchev–Trinajstić information content (AvgIpc) is 3.32. The summed E-state index contributed by atoms with van der Waals surface area (Å²) >= 11 is 7.92. The van der Waals surface area contributed by atoms with Crippen LogP contribution >= 0.6 is 22.9 Å². The van der Waals surface area contributed by atoms with Gasteiger partial charge in [-0.1, -0.05) is 31.5 Å². The van der Waals surface area contributed by atoms with Gasteiger partial charge in [-0.15, -0.1) is 11.3 Å². The normalized spacial score (nSPS) is 16.8. The zero-order valence-electron chi connectivity index (χ0n) is 16.8. The van der Waals surface area contributed by atoms with E-state index < -0.39 is 15.9 Å². The number of nitrogens with zero attached hydrogens (tertiary/aromatic N) is 2. The number of carbonyl (C=O) groups excluding carboxylic acids is 2. The molecular weight excluding hydrogens is 446 g/mol. The van der Waals surface area contributed by atoms with E-state index in [1.165, 1.54) is 18.2 Å². The minimum absolute atomic E-state index is 0.0503. The lowest BCUT2D eigenvalue weighted by molar-refractivity contribution is -0.116. The summed E-state index contributed by atoms with van der Waals surface area (Å²) in [5, 5.41) is 5.04. The zero-order valence-corrected chi connectivity index (χ0v) is 19.2. The van der Waals surface area contributed by atoms with Gasteiger partial charge in [0.2, 0.25) is 15.9 Å². The summed E-state index contributed by atoms with van der Waals surface area (Å²) in [4.78, 5) is 28.1. The molecule has 2 heterocycles. The highest BCUT2D eigenvalue weighted by atomic mass is 35.5. The molecule has 1 aromatic carbocycles. The van der Waals surface area contributed by atoms with Crippen LogP contribution < -0.4 is 9.62 Å². The number of anilines is 1. The lowest BCUT2D eigenvalue weighted by atomic mass is 10.1. The molecule has 1 atom stereocenters. The zero-order chi connectivity index (χ0) is 21.9. The molecule has 1 aromatic heterocycles. The van der Waals surface area contributed by atoms with Gasteiger partial charge < -0.3 is 5.32 Å². The van der Waals surface area contributed by atoms with Crippen LogP contribution in [0.5, 0.6) is 0 Å². The fraction of sp³-hybridized carbons (Fsp3) is 0.400. The number of halogens is 1. The Morgan fingerprint density at radius 2 is 2.03 bits per heavy atom. The maximum absolute atomic E-state index is 12.8. The number of likely N-dealkylation sites (N-methyl/N-ethyl adjacent to an activating group) is 1. The van der Waals surface area contributed by atoms with E-state index in [-0.39, 0.29) is 40.4 Å². The minimum Gasteiger partial charge on any atom is -0.350 e. The molecule has 10 heteroatoms. The van der Waals surface area contributed by atoms with Gasteiger partial charge in [0.05, 0.1) is 28.1 Å². The molecule has 1 aliphatic heterocycles. The van der Waals surface area contributed by atoms with Gasteiger partial charge in [-0.05, 0) is 42.7 Å². The fourth-order valence-corrected chi connectivity index (χ4v) is 6.10. The van der Waals surface area contributed by atoms with E-state index >= 15 is 0 Å². The summed E-state index contributed by atoms with van der Waals surface area (Å²) in [7, 11) is -3.68. The van der Waals surface area contributed by atoms with E-state index in [0.717, 1.165) is 22.3 Å². The van der Waals surface area contributed by atoms with Crippen molar-refractivity contribution in [3.8, 4) is 0 Å². The highest BCUT2D eigenvalue weighted by Crippen LogP contribution is 2.30. The third kappa shape index (κ3) is 4.69. The summed E-state index contributed by atoms with van der Waals surface area (Å²) in [6, 6.07) is 8.32. The van der Waals surface area contributed by atoms with Gasteiger partial charge in [0, 0.05) is 17.8 Å². The first-order valence-corrected chi connectivity index (χ1v) is 12.6. The van der Waals surface area contributed by atoms with Gasteiger partial charge in [-0.2, -0.15) is 0 Å². The smallest absolute Gasteiger partial charge is 0.252 e. The highest BCUT2D eigenvalue weighted by Gasteiger charge is 2.36. The average molecular weight is 470 g/mol. The van der Waals surface area contributed by atoms with Crippen molar-refractivity contribution < 1.29 is 18.0 Å². The first kappa shape index (κ1) is 22.7. The molecule has 1 N–H and O–H groups in total. The number of nitrogens with one attached hydrogen (secondary N) is 1. The third-order valence-electron chi connectivity index (χ3n) is 5.09. The summed E-state index contributed by atoms with van der Waals surface area (Å²) in [5.74, 6) is -1.07.